The lowest BCUT2D eigenvalue weighted by Gasteiger charge is -2.06. The number of carbonyl (C=O) groups is 2. The van der Waals surface area contributed by atoms with Gasteiger partial charge in [-0.1, -0.05) is 12.1 Å². The molecule has 23 heavy (non-hydrogen) atoms. The topological polar surface area (TPSA) is 95.7 Å². The minimum Gasteiger partial charge on any atom is -0.469 e. The van der Waals surface area contributed by atoms with Crippen molar-refractivity contribution in [1.29, 1.82) is 0 Å². The van der Waals surface area contributed by atoms with E-state index < -0.39 is 10.9 Å². The summed E-state index contributed by atoms with van der Waals surface area (Å²) in [5.74, 6) is -0.00988. The molecule has 1 rings (SSSR count). The Morgan fingerprint density at radius 3 is 2.65 bits per heavy atom. The number of benzene rings is 1. The van der Waals surface area contributed by atoms with E-state index in [9.17, 15) is 19.7 Å². The second-order valence-corrected chi connectivity index (χ2v) is 5.50. The molecule has 0 N–H and O–H groups in total. The van der Waals surface area contributed by atoms with Gasteiger partial charge in [0, 0.05) is 29.2 Å². The molecule has 1 aromatic carbocycles. The minimum atomic E-state index is -0.512. The Morgan fingerprint density at radius 1 is 1.30 bits per heavy atom. The number of carbonyl (C=O) groups excluding carboxylic acids is 2. The average molecular weight is 339 g/mol. The molecule has 7 nitrogen and oxygen atoms in total. The summed E-state index contributed by atoms with van der Waals surface area (Å²) in [5, 5.41) is 10.8. The van der Waals surface area contributed by atoms with E-state index in [1.165, 1.54) is 38.1 Å². The second kappa shape index (κ2) is 9.62. The van der Waals surface area contributed by atoms with Crippen molar-refractivity contribution in [3.8, 4) is 0 Å². The van der Waals surface area contributed by atoms with Crippen LogP contribution in [0.2, 0.25) is 0 Å². The van der Waals surface area contributed by atoms with Crippen LogP contribution in [0.5, 0.6) is 0 Å². The number of nitrogens with zero attached hydrogens (tertiary/aromatic N) is 1. The minimum absolute atomic E-state index is 0.0543. The van der Waals surface area contributed by atoms with Crippen molar-refractivity contribution in [3.05, 3.63) is 45.5 Å². The number of esters is 2. The van der Waals surface area contributed by atoms with Crippen LogP contribution in [0.4, 0.5) is 5.69 Å². The summed E-state index contributed by atoms with van der Waals surface area (Å²) in [4.78, 5) is 33.1. The number of hydrogen-bond acceptors (Lipinski definition) is 7. The molecule has 0 aliphatic carbocycles. The van der Waals surface area contributed by atoms with Gasteiger partial charge in [0.15, 0.2) is 0 Å². The van der Waals surface area contributed by atoms with E-state index in [0.29, 0.717) is 22.6 Å². The fourth-order valence-corrected chi connectivity index (χ4v) is 2.54. The molecule has 0 amide bonds. The van der Waals surface area contributed by atoms with Crippen LogP contribution in [0.15, 0.2) is 29.8 Å². The van der Waals surface area contributed by atoms with Crippen LogP contribution in [0.3, 0.4) is 0 Å². The highest BCUT2D eigenvalue weighted by molar-refractivity contribution is 7.99. The summed E-state index contributed by atoms with van der Waals surface area (Å²) in [6.45, 7) is 0. The lowest BCUT2D eigenvalue weighted by Crippen LogP contribution is -2.08. The van der Waals surface area contributed by atoms with Gasteiger partial charge in [0.2, 0.25) is 0 Å². The van der Waals surface area contributed by atoms with E-state index in [-0.39, 0.29) is 18.1 Å². The van der Waals surface area contributed by atoms with Crippen molar-refractivity contribution >= 4 is 35.5 Å². The van der Waals surface area contributed by atoms with Crippen LogP contribution in [0, 0.1) is 10.1 Å². The van der Waals surface area contributed by atoms with Crippen LogP contribution in [0.25, 0.3) is 6.08 Å². The molecule has 8 heteroatoms. The molecular formula is C15H17NO6S. The Labute approximate surface area is 137 Å². The standard InChI is InChI=1S/C15H17NO6S/c1-21-14(17)6-7-23-10-12(15(18)22-2)8-11-4-3-5-13(9-11)16(19)20/h3-5,8-9H,6-7,10H2,1-2H3/b12-8+. The number of rotatable bonds is 8. The van der Waals surface area contributed by atoms with E-state index >= 15 is 0 Å². The quantitative estimate of drug-likeness (QED) is 0.236. The lowest BCUT2D eigenvalue weighted by molar-refractivity contribution is -0.384. The third-order valence-corrected chi connectivity index (χ3v) is 3.81. The maximum absolute atomic E-state index is 11.8. The number of ether oxygens (including phenoxy) is 2. The predicted octanol–water partition coefficient (Wildman–Crippen LogP) is 2.45. The van der Waals surface area contributed by atoms with Crippen LogP contribution in [-0.2, 0) is 19.1 Å². The average Bonchev–Trinajstić information content (AvgIpc) is 2.56. The van der Waals surface area contributed by atoms with Gasteiger partial charge in [-0.2, -0.15) is 11.8 Å². The van der Waals surface area contributed by atoms with Crippen LogP contribution < -0.4 is 0 Å². The highest BCUT2D eigenvalue weighted by atomic mass is 32.2. The first-order valence-corrected chi connectivity index (χ1v) is 7.81. The third kappa shape index (κ3) is 6.52. The maximum Gasteiger partial charge on any atom is 0.334 e. The molecule has 0 aliphatic heterocycles. The van der Waals surface area contributed by atoms with Crippen molar-refractivity contribution in [3.63, 3.8) is 0 Å². The number of nitro groups is 1. The zero-order valence-electron chi connectivity index (χ0n) is 12.8. The number of non-ortho nitro benzene ring substituents is 1. The molecule has 0 aliphatic rings. The molecule has 0 fully saturated rings. The molecule has 0 bridgehead atoms. The first-order valence-electron chi connectivity index (χ1n) is 6.65. The van der Waals surface area contributed by atoms with Gasteiger partial charge in [-0.15, -0.1) is 0 Å². The molecule has 0 spiro atoms. The van der Waals surface area contributed by atoms with Gasteiger partial charge < -0.3 is 9.47 Å². The molecule has 0 saturated heterocycles. The van der Waals surface area contributed by atoms with E-state index in [1.54, 1.807) is 18.2 Å². The molecule has 0 heterocycles. The third-order valence-electron chi connectivity index (χ3n) is 2.81. The van der Waals surface area contributed by atoms with Crippen molar-refractivity contribution in [2.75, 3.05) is 25.7 Å². The summed E-state index contributed by atoms with van der Waals surface area (Å²) >= 11 is 1.37. The first kappa shape index (κ1) is 18.7. The second-order valence-electron chi connectivity index (χ2n) is 4.39. The van der Waals surface area contributed by atoms with Gasteiger partial charge >= 0.3 is 11.9 Å². The molecule has 0 aromatic heterocycles. The number of methoxy groups -OCH3 is 2. The molecule has 0 unspecified atom stereocenters. The predicted molar refractivity (Wildman–Crippen MR) is 87.0 cm³/mol. The molecule has 124 valence electrons. The Bertz CT molecular complexity index is 614. The molecule has 0 radical (unpaired) electrons. The summed E-state index contributed by atoms with van der Waals surface area (Å²) in [5.41, 5.74) is 0.845. The normalized spacial score (nSPS) is 11.0. The zero-order chi connectivity index (χ0) is 17.2. The number of hydrogen-bond donors (Lipinski definition) is 0. The fourth-order valence-electron chi connectivity index (χ4n) is 1.66. The van der Waals surface area contributed by atoms with Crippen molar-refractivity contribution in [1.82, 2.24) is 0 Å². The smallest absolute Gasteiger partial charge is 0.334 e. The van der Waals surface area contributed by atoms with Crippen molar-refractivity contribution < 1.29 is 24.0 Å². The Balaban J connectivity index is 2.81. The Morgan fingerprint density at radius 2 is 2.04 bits per heavy atom. The Hall–Kier alpha value is -2.35. The summed E-state index contributed by atoms with van der Waals surface area (Å²) in [6, 6.07) is 5.96. The number of nitro benzene ring substituents is 1. The van der Waals surface area contributed by atoms with Crippen LogP contribution in [-0.4, -0.2) is 42.6 Å². The summed E-state index contributed by atoms with van der Waals surface area (Å²) in [7, 11) is 2.58. The molecule has 0 saturated carbocycles. The van der Waals surface area contributed by atoms with E-state index in [2.05, 4.69) is 4.74 Å². The van der Waals surface area contributed by atoms with Gasteiger partial charge in [0.05, 0.1) is 25.6 Å². The van der Waals surface area contributed by atoms with Gasteiger partial charge in [0.1, 0.15) is 0 Å². The molecule has 1 aromatic rings. The SMILES string of the molecule is COC(=O)CCSC/C(=C\c1cccc([N+](=O)[O-])c1)C(=O)OC. The lowest BCUT2D eigenvalue weighted by atomic mass is 10.1. The monoisotopic (exact) mass is 339 g/mol. The van der Waals surface area contributed by atoms with Gasteiger partial charge in [-0.25, -0.2) is 4.79 Å². The Kier molecular flexibility index (Phi) is 7.82. The fraction of sp³-hybridized carbons (Fsp3) is 0.333. The summed E-state index contributed by atoms with van der Waals surface area (Å²) in [6.07, 6.45) is 1.79. The largest absolute Gasteiger partial charge is 0.469 e. The van der Waals surface area contributed by atoms with Gasteiger partial charge in [-0.3, -0.25) is 14.9 Å². The highest BCUT2D eigenvalue weighted by Crippen LogP contribution is 2.18. The summed E-state index contributed by atoms with van der Waals surface area (Å²) < 4.78 is 9.25. The van der Waals surface area contributed by atoms with Crippen LogP contribution in [0.1, 0.15) is 12.0 Å². The molecule has 0 atom stereocenters. The zero-order valence-corrected chi connectivity index (χ0v) is 13.6. The molecular weight excluding hydrogens is 322 g/mol. The number of thioether (sulfide) groups is 1. The van der Waals surface area contributed by atoms with E-state index in [1.807, 2.05) is 0 Å². The van der Waals surface area contributed by atoms with Gasteiger partial charge in [0.25, 0.3) is 5.69 Å². The maximum atomic E-state index is 11.8. The van der Waals surface area contributed by atoms with Crippen molar-refractivity contribution in [2.45, 2.75) is 6.42 Å². The van der Waals surface area contributed by atoms with E-state index in [4.69, 9.17) is 4.74 Å². The van der Waals surface area contributed by atoms with Crippen LogP contribution >= 0.6 is 11.8 Å². The highest BCUT2D eigenvalue weighted by Gasteiger charge is 2.12. The van der Waals surface area contributed by atoms with Gasteiger partial charge in [-0.05, 0) is 11.6 Å². The first-order chi connectivity index (χ1) is 11.0. The van der Waals surface area contributed by atoms with E-state index in [0.717, 1.165) is 0 Å². The van der Waals surface area contributed by atoms with Crippen molar-refractivity contribution in [2.24, 2.45) is 0 Å².